The van der Waals surface area contributed by atoms with Crippen molar-refractivity contribution in [3.8, 4) is 0 Å². The minimum Gasteiger partial charge on any atom is -0.330 e. The van der Waals surface area contributed by atoms with E-state index in [-0.39, 0.29) is 0 Å². The first-order valence-electron chi connectivity index (χ1n) is 5.46. The second-order valence-corrected chi connectivity index (χ2v) is 4.55. The Kier molecular flexibility index (Phi) is 4.30. The van der Waals surface area contributed by atoms with Crippen LogP contribution in [0.25, 0.3) is 0 Å². The molecule has 1 rings (SSSR count). The molecular formula is C13H22N2. The van der Waals surface area contributed by atoms with E-state index in [0.29, 0.717) is 12.5 Å². The molecule has 0 aliphatic rings. The molecule has 2 nitrogen and oxygen atoms in total. The molecule has 1 unspecified atom stereocenters. The van der Waals surface area contributed by atoms with Crippen LogP contribution in [0.1, 0.15) is 22.6 Å². The maximum Gasteiger partial charge on any atom is 0.00913 e. The van der Waals surface area contributed by atoms with Gasteiger partial charge in [0.15, 0.2) is 0 Å². The maximum atomic E-state index is 5.85. The highest BCUT2D eigenvalue weighted by Crippen LogP contribution is 2.20. The molecule has 1 atom stereocenters. The van der Waals surface area contributed by atoms with Gasteiger partial charge in [0, 0.05) is 19.0 Å². The van der Waals surface area contributed by atoms with Crippen LogP contribution in [0.5, 0.6) is 0 Å². The second kappa shape index (κ2) is 5.29. The van der Waals surface area contributed by atoms with E-state index >= 15 is 0 Å². The van der Waals surface area contributed by atoms with E-state index in [1.54, 1.807) is 0 Å². The highest BCUT2D eigenvalue weighted by molar-refractivity contribution is 5.33. The Balaban J connectivity index is 2.95. The molecule has 0 aromatic heterocycles. The van der Waals surface area contributed by atoms with Crippen LogP contribution in [-0.2, 0) is 0 Å². The fraction of sp³-hybridized carbons (Fsp3) is 0.538. The van der Waals surface area contributed by atoms with E-state index in [4.69, 9.17) is 5.73 Å². The molecule has 1 aromatic rings. The summed E-state index contributed by atoms with van der Waals surface area (Å²) < 4.78 is 0. The van der Waals surface area contributed by atoms with Crippen molar-refractivity contribution in [1.82, 2.24) is 4.90 Å². The summed E-state index contributed by atoms with van der Waals surface area (Å²) >= 11 is 0. The standard InChI is InChI=1S/C13H22N2/c1-10-5-6-11(2)13(7-10)12(8-14)9-15(3)4/h5-7,12H,8-9,14H2,1-4H3. The summed E-state index contributed by atoms with van der Waals surface area (Å²) in [5.41, 5.74) is 9.90. The minimum absolute atomic E-state index is 0.444. The molecular weight excluding hydrogens is 184 g/mol. The lowest BCUT2D eigenvalue weighted by Gasteiger charge is -2.22. The van der Waals surface area contributed by atoms with E-state index in [2.05, 4.69) is 51.0 Å². The summed E-state index contributed by atoms with van der Waals surface area (Å²) in [5.74, 6) is 0.444. The molecule has 0 aliphatic carbocycles. The van der Waals surface area contributed by atoms with Gasteiger partial charge in [-0.25, -0.2) is 0 Å². The molecule has 1 aromatic carbocycles. The van der Waals surface area contributed by atoms with Crippen molar-refractivity contribution in [2.24, 2.45) is 5.73 Å². The molecule has 84 valence electrons. The van der Waals surface area contributed by atoms with Crippen LogP contribution in [0.2, 0.25) is 0 Å². The summed E-state index contributed by atoms with van der Waals surface area (Å²) in [6.45, 7) is 6.02. The van der Waals surface area contributed by atoms with E-state index in [1.165, 1.54) is 16.7 Å². The number of aryl methyl sites for hydroxylation is 2. The van der Waals surface area contributed by atoms with Crippen molar-refractivity contribution < 1.29 is 0 Å². The average molecular weight is 206 g/mol. The highest BCUT2D eigenvalue weighted by atomic mass is 15.1. The Morgan fingerprint density at radius 2 is 1.93 bits per heavy atom. The Bertz CT molecular complexity index is 318. The Morgan fingerprint density at radius 3 is 2.47 bits per heavy atom. The topological polar surface area (TPSA) is 29.3 Å². The number of hydrogen-bond donors (Lipinski definition) is 1. The lowest BCUT2D eigenvalue weighted by molar-refractivity contribution is 0.375. The van der Waals surface area contributed by atoms with Gasteiger partial charge in [-0.15, -0.1) is 0 Å². The van der Waals surface area contributed by atoms with E-state index in [0.717, 1.165) is 6.54 Å². The number of rotatable bonds is 4. The summed E-state index contributed by atoms with van der Waals surface area (Å²) in [6, 6.07) is 6.60. The Morgan fingerprint density at radius 1 is 1.27 bits per heavy atom. The summed E-state index contributed by atoms with van der Waals surface area (Å²) in [6.07, 6.45) is 0. The van der Waals surface area contributed by atoms with Gasteiger partial charge in [-0.05, 0) is 39.1 Å². The fourth-order valence-electron chi connectivity index (χ4n) is 1.94. The van der Waals surface area contributed by atoms with Gasteiger partial charge in [0.2, 0.25) is 0 Å². The highest BCUT2D eigenvalue weighted by Gasteiger charge is 2.13. The van der Waals surface area contributed by atoms with Crippen LogP contribution in [0, 0.1) is 13.8 Å². The number of nitrogens with two attached hydrogens (primary N) is 1. The van der Waals surface area contributed by atoms with Crippen LogP contribution >= 0.6 is 0 Å². The number of benzene rings is 1. The monoisotopic (exact) mass is 206 g/mol. The van der Waals surface area contributed by atoms with Gasteiger partial charge < -0.3 is 10.6 Å². The molecule has 0 amide bonds. The van der Waals surface area contributed by atoms with Crippen molar-refractivity contribution in [2.75, 3.05) is 27.2 Å². The molecule has 0 saturated carbocycles. The van der Waals surface area contributed by atoms with Gasteiger partial charge in [-0.3, -0.25) is 0 Å². The first-order valence-corrected chi connectivity index (χ1v) is 5.46. The summed E-state index contributed by atoms with van der Waals surface area (Å²) in [7, 11) is 4.18. The van der Waals surface area contributed by atoms with Gasteiger partial charge >= 0.3 is 0 Å². The third kappa shape index (κ3) is 3.33. The van der Waals surface area contributed by atoms with Crippen molar-refractivity contribution in [1.29, 1.82) is 0 Å². The zero-order chi connectivity index (χ0) is 11.4. The van der Waals surface area contributed by atoms with E-state index in [1.807, 2.05) is 0 Å². The van der Waals surface area contributed by atoms with Crippen LogP contribution in [-0.4, -0.2) is 32.1 Å². The zero-order valence-electron chi connectivity index (χ0n) is 10.2. The van der Waals surface area contributed by atoms with E-state index < -0.39 is 0 Å². The second-order valence-electron chi connectivity index (χ2n) is 4.55. The van der Waals surface area contributed by atoms with Crippen LogP contribution in [0.15, 0.2) is 18.2 Å². The fourth-order valence-corrected chi connectivity index (χ4v) is 1.94. The first kappa shape index (κ1) is 12.2. The summed E-state index contributed by atoms with van der Waals surface area (Å²) in [5, 5.41) is 0. The minimum atomic E-state index is 0.444. The number of hydrogen-bond acceptors (Lipinski definition) is 2. The molecule has 0 saturated heterocycles. The van der Waals surface area contributed by atoms with Crippen molar-refractivity contribution in [2.45, 2.75) is 19.8 Å². The van der Waals surface area contributed by atoms with Crippen molar-refractivity contribution in [3.05, 3.63) is 34.9 Å². The van der Waals surface area contributed by atoms with Gasteiger partial charge in [-0.1, -0.05) is 23.8 Å². The SMILES string of the molecule is Cc1ccc(C)c(C(CN)CN(C)C)c1. The molecule has 0 bridgehead atoms. The molecule has 0 aliphatic heterocycles. The van der Waals surface area contributed by atoms with Crippen molar-refractivity contribution >= 4 is 0 Å². The molecule has 0 heterocycles. The number of likely N-dealkylation sites (N-methyl/N-ethyl adjacent to an activating group) is 1. The number of nitrogens with zero attached hydrogens (tertiary/aromatic N) is 1. The predicted molar refractivity (Wildman–Crippen MR) is 66.3 cm³/mol. The predicted octanol–water partition coefficient (Wildman–Crippen LogP) is 1.91. The van der Waals surface area contributed by atoms with Crippen LogP contribution < -0.4 is 5.73 Å². The van der Waals surface area contributed by atoms with Crippen LogP contribution in [0.3, 0.4) is 0 Å². The zero-order valence-corrected chi connectivity index (χ0v) is 10.2. The molecule has 0 fully saturated rings. The molecule has 2 N–H and O–H groups in total. The quantitative estimate of drug-likeness (QED) is 0.815. The Labute approximate surface area is 93.1 Å². The molecule has 0 radical (unpaired) electrons. The van der Waals surface area contributed by atoms with E-state index in [9.17, 15) is 0 Å². The largest absolute Gasteiger partial charge is 0.330 e. The first-order chi connectivity index (χ1) is 7.04. The Hall–Kier alpha value is -0.860. The normalized spacial score (nSPS) is 13.2. The van der Waals surface area contributed by atoms with Crippen LogP contribution in [0.4, 0.5) is 0 Å². The molecule has 2 heteroatoms. The summed E-state index contributed by atoms with van der Waals surface area (Å²) in [4.78, 5) is 2.19. The third-order valence-electron chi connectivity index (χ3n) is 2.74. The van der Waals surface area contributed by atoms with Gasteiger partial charge in [0.25, 0.3) is 0 Å². The third-order valence-corrected chi connectivity index (χ3v) is 2.74. The van der Waals surface area contributed by atoms with Gasteiger partial charge in [0.05, 0.1) is 0 Å². The maximum absolute atomic E-state index is 5.85. The van der Waals surface area contributed by atoms with Crippen molar-refractivity contribution in [3.63, 3.8) is 0 Å². The van der Waals surface area contributed by atoms with Gasteiger partial charge in [0.1, 0.15) is 0 Å². The van der Waals surface area contributed by atoms with Gasteiger partial charge in [-0.2, -0.15) is 0 Å². The average Bonchev–Trinajstić information content (AvgIpc) is 2.18. The lowest BCUT2D eigenvalue weighted by atomic mass is 9.93. The molecule has 0 spiro atoms. The smallest absolute Gasteiger partial charge is 0.00913 e. The lowest BCUT2D eigenvalue weighted by Crippen LogP contribution is -2.26. The molecule has 15 heavy (non-hydrogen) atoms.